The van der Waals surface area contributed by atoms with Crippen LogP contribution < -0.4 is 91.4 Å². The van der Waals surface area contributed by atoms with E-state index in [1.807, 2.05) is 76.0 Å². The van der Waals surface area contributed by atoms with Crippen molar-refractivity contribution in [3.63, 3.8) is 0 Å². The Balaban J connectivity index is 0.000000196. The highest BCUT2D eigenvalue weighted by Gasteiger charge is 2.32. The second-order valence-corrected chi connectivity index (χ2v) is 43.6. The molecule has 11 fully saturated rings. The standard InChI is InChI=1S/C9H6O2.C8H9N.C8H8O.C7H7NO2S.C7H7NS.C6H13N.C5H6N2O2.C5H9NS.C4H7N3O.C4H4N2O2.2C4H10N2.C4H9NS.C4H8O2.C4H8OS.2C4H8S2.C4H8S/c10-9-6-5-7-3-1-2-4-8(7)11-9;2*1-2-4-8-6-9-5-7(8)3-1;9-11(10)7-4-2-1-3-6(7)5-8-11;1-2-4-7-6(3-1)5-8-9-7;1-2-4-6-7-5-3-1;1-3-2-4(8)7-5(9)6-3;1-2-6-3-4-7-5(1)6;5-3-1-2-6-4(8)7-3;7-3-1-2-5-4(8)6-3;1-2-6-4-3-5-1;1-2-4-6-5-3-1;1-3-6-4-2-5-1;1-2-6-4-3-5-1;1-3-6-4-2-5-1;1-2-6-4-3-5-1;1-2-5-4-6-3-1;1-2-4-5-3-1/h1-6H;1-4,9H,5-6H2;1-4H,5-6H2;1-4,8H,5H2;1-4,8H,5H2;7H,1-6H2;2H,1H3,(H2,6,7,8,9);5H,1-4H2;1-3H,5H2,(H2,6,7,8);1-2H,(H2,5,6,7,8);2*5-6H,1-4H2;5H,1-4H2;4*1-4H2;1-4H2. The first-order valence-electron chi connectivity index (χ1n) is 46.6. The normalized spacial score (nSPS) is 20.0. The summed E-state index contributed by atoms with van der Waals surface area (Å²) < 4.78 is 53.0. The molecule has 0 radical (unpaired) electrons. The Morgan fingerprint density at radius 1 is 0.430 bits per heavy atom. The van der Waals surface area contributed by atoms with Crippen molar-refractivity contribution in [2.75, 3.05) is 198 Å². The van der Waals surface area contributed by atoms with Crippen LogP contribution in [0.3, 0.4) is 0 Å². The van der Waals surface area contributed by atoms with Crippen LogP contribution in [0.1, 0.15) is 103 Å². The fourth-order valence-corrected chi connectivity index (χ4v) is 23.5. The molecule has 748 valence electrons. The number of nitrogens with one attached hydrogen (secondary N) is 15. The summed E-state index contributed by atoms with van der Waals surface area (Å²) in [7, 11) is -3.16. The van der Waals surface area contributed by atoms with Gasteiger partial charge in [0.05, 0.1) is 69.3 Å². The molecule has 3 aromatic heterocycles. The van der Waals surface area contributed by atoms with Crippen LogP contribution in [0.15, 0.2) is 202 Å². The first-order chi connectivity index (χ1) is 66.2. The van der Waals surface area contributed by atoms with Crippen LogP contribution in [0.2, 0.25) is 0 Å². The van der Waals surface area contributed by atoms with Gasteiger partial charge < -0.3 is 76.3 Å². The number of para-hydroxylation sites is 1. The summed E-state index contributed by atoms with van der Waals surface area (Å²) in [5.41, 5.74) is 18.4. The summed E-state index contributed by atoms with van der Waals surface area (Å²) in [4.78, 5) is 75.3. The van der Waals surface area contributed by atoms with E-state index in [0.717, 1.165) is 128 Å². The number of sulfonamides is 1. The van der Waals surface area contributed by atoms with Gasteiger partial charge in [-0.1, -0.05) is 116 Å². The molecule has 2 unspecified atom stereocenters. The zero-order chi connectivity index (χ0) is 95.6. The zero-order valence-electron chi connectivity index (χ0n) is 78.1. The average Bonchev–Trinajstić information content (AvgIpc) is 1.66. The maximum absolute atomic E-state index is 11.1. The lowest BCUT2D eigenvalue weighted by molar-refractivity contribution is -0.0334. The third kappa shape index (κ3) is 57.0. The molecule has 30 nitrogen and oxygen atoms in total. The monoisotopic (exact) mass is 2050 g/mol. The minimum atomic E-state index is -3.16. The van der Waals surface area contributed by atoms with Gasteiger partial charge in [0.1, 0.15) is 5.58 Å². The van der Waals surface area contributed by atoms with E-state index in [1.165, 1.54) is 247 Å². The van der Waals surface area contributed by atoms with Gasteiger partial charge in [-0.2, -0.15) is 82.3 Å². The molecule has 135 heavy (non-hydrogen) atoms. The molecule has 19 heterocycles. The zero-order valence-corrected chi connectivity index (χ0v) is 86.3. The summed E-state index contributed by atoms with van der Waals surface area (Å²) in [6.45, 7) is 26.3. The van der Waals surface area contributed by atoms with Crippen molar-refractivity contribution in [3.8, 4) is 0 Å². The van der Waals surface area contributed by atoms with E-state index in [4.69, 9.17) is 29.1 Å². The number of urea groups is 1. The summed E-state index contributed by atoms with van der Waals surface area (Å²) in [6, 6.07) is 45.2. The molecule has 0 bridgehead atoms. The number of ether oxygens (including phenoxy) is 4. The molecular weight excluding hydrogens is 1910 g/mol. The van der Waals surface area contributed by atoms with E-state index in [1.54, 1.807) is 49.2 Å². The Kier molecular flexibility index (Phi) is 66.2. The van der Waals surface area contributed by atoms with Crippen molar-refractivity contribution in [2.45, 2.75) is 132 Å². The predicted octanol–water partition coefficient (Wildman–Crippen LogP) is 11.5. The van der Waals surface area contributed by atoms with Gasteiger partial charge in [0.2, 0.25) is 10.0 Å². The number of aryl methyl sites for hydroxylation is 1. The number of nitrogens with two attached hydrogens (primary N) is 1. The second-order valence-electron chi connectivity index (χ2n) is 31.0. The topological polar surface area (TPSA) is 411 Å². The van der Waals surface area contributed by atoms with E-state index < -0.39 is 21.4 Å². The summed E-state index contributed by atoms with van der Waals surface area (Å²) >= 11 is 18.2. The van der Waals surface area contributed by atoms with E-state index >= 15 is 0 Å². The predicted molar refractivity (Wildman–Crippen MR) is 573 cm³/mol. The van der Waals surface area contributed by atoms with Crippen LogP contribution in [0, 0.1) is 6.92 Å². The van der Waals surface area contributed by atoms with Crippen LogP contribution in [0.25, 0.3) is 11.0 Å². The first kappa shape index (κ1) is 116. The van der Waals surface area contributed by atoms with E-state index in [-0.39, 0.29) is 28.9 Å². The Bertz CT molecular complexity index is 4390. The lowest BCUT2D eigenvalue weighted by Crippen LogP contribution is -2.47. The van der Waals surface area contributed by atoms with Crippen molar-refractivity contribution in [2.24, 2.45) is 5.73 Å². The molecule has 0 saturated carbocycles. The number of H-pyrrole nitrogens is 4. The van der Waals surface area contributed by atoms with Crippen LogP contribution >= 0.6 is 106 Å². The van der Waals surface area contributed by atoms with Gasteiger partial charge in [0.25, 0.3) is 11.1 Å². The number of carbonyl (C=O) groups is 1. The number of nitrogens with zero attached hydrogens (tertiary/aromatic N) is 1. The molecule has 8 aromatic rings. The number of fused-ring (bicyclic) bond motifs is 6. The number of hydrogen-bond acceptors (Lipinski definition) is 32. The van der Waals surface area contributed by atoms with Crippen molar-refractivity contribution < 1.29 is 36.6 Å². The second kappa shape index (κ2) is 76.9. The number of thioether (sulfide) groups is 8. The Morgan fingerprint density at radius 2 is 0.963 bits per heavy atom. The molecular formula is C95H145N17O13S10. The molecule has 24 rings (SSSR count). The first-order valence-corrected chi connectivity index (χ1v) is 58.1. The van der Waals surface area contributed by atoms with Crippen LogP contribution in [0.5, 0.6) is 0 Å². The van der Waals surface area contributed by atoms with E-state index in [0.29, 0.717) is 22.7 Å². The number of aromatic nitrogens is 4. The molecule has 17 N–H and O–H groups in total. The maximum atomic E-state index is 11.1. The minimum absolute atomic E-state index is 0.250. The van der Waals surface area contributed by atoms with Crippen molar-refractivity contribution >= 4 is 133 Å². The highest BCUT2D eigenvalue weighted by atomic mass is 32.2. The lowest BCUT2D eigenvalue weighted by Gasteiger charge is -2.33. The molecule has 16 aliphatic heterocycles. The largest absolute Gasteiger partial charge is 0.423 e. The number of aromatic amines is 4. The highest BCUT2D eigenvalue weighted by Crippen LogP contribution is 2.33. The van der Waals surface area contributed by atoms with Crippen LogP contribution in [-0.4, -0.2) is 249 Å². The third-order valence-electron chi connectivity index (χ3n) is 20.2. The Hall–Kier alpha value is -5.82. The van der Waals surface area contributed by atoms with Gasteiger partial charge in [-0.3, -0.25) is 40.0 Å². The number of rotatable bonds is 0. The van der Waals surface area contributed by atoms with Gasteiger partial charge in [0.15, 0.2) is 0 Å². The molecule has 0 aliphatic carbocycles. The minimum Gasteiger partial charge on any atom is -0.423 e. The van der Waals surface area contributed by atoms with Gasteiger partial charge >= 0.3 is 23.0 Å². The molecule has 0 spiro atoms. The highest BCUT2D eigenvalue weighted by molar-refractivity contribution is 8.16. The smallest absolute Gasteiger partial charge is 0.336 e. The third-order valence-corrected chi connectivity index (χ3v) is 32.0. The quantitative estimate of drug-likeness (QED) is 0.0495. The number of hydrazine groups is 1. The molecule has 2 atom stereocenters. The van der Waals surface area contributed by atoms with E-state index in [2.05, 4.69) is 204 Å². The lowest BCUT2D eigenvalue weighted by atomic mass is 10.1. The number of piperazine rings is 1. The molecule has 40 heteroatoms. The molecule has 11 saturated heterocycles. The van der Waals surface area contributed by atoms with Crippen molar-refractivity contribution in [1.29, 1.82) is 0 Å². The van der Waals surface area contributed by atoms with Crippen molar-refractivity contribution in [3.05, 3.63) is 255 Å². The number of hydrogen-bond donors (Lipinski definition) is 16. The SMILES string of the molecule is C1CCCNCC1.C1CCNNC1.C1CCSC1.C1CN2CCC2S1.C1CNCCN1.C1COCCO1.C1CSCCN1.C1CSCCO1.C1CSCCS1.C1CSCSC1.Cc1cc(=O)[nH]c(=O)[nH]1.NC1C=CNC(=O)N1.O=S1(=O)NCc2ccccc21.O=c1cc[nH]c(=O)[nH]1.O=c1ccc2ccccc2o1.c1ccc2c(c1)CNC2.c1ccc2c(c1)CNS2.c1ccc2c(c1)COC2. The number of amides is 2. The Morgan fingerprint density at radius 3 is 1.39 bits per heavy atom. The van der Waals surface area contributed by atoms with E-state index in [9.17, 15) is 37.2 Å². The van der Waals surface area contributed by atoms with Crippen LogP contribution in [-0.2, 0) is 68.4 Å². The fourth-order valence-electron chi connectivity index (χ4n) is 13.0. The summed E-state index contributed by atoms with van der Waals surface area (Å²) in [6.07, 6.45) is 18.2. The van der Waals surface area contributed by atoms with Crippen LogP contribution in [0.4, 0.5) is 4.79 Å². The van der Waals surface area contributed by atoms with Gasteiger partial charge in [0, 0.05) is 195 Å². The fraction of sp³-hybridized carbons (Fsp3) is 0.537. The molecule has 5 aromatic carbocycles. The van der Waals surface area contributed by atoms with Gasteiger partial charge in [-0.15, -0.1) is 11.8 Å². The summed E-state index contributed by atoms with van der Waals surface area (Å²) in [5, 5.41) is 24.4. The average molecular weight is 2050 g/mol. The Labute approximate surface area is 836 Å². The molecule has 2 amide bonds. The van der Waals surface area contributed by atoms with Gasteiger partial charge in [-0.05, 0) is 170 Å². The number of benzene rings is 5. The molecule has 16 aliphatic rings. The summed E-state index contributed by atoms with van der Waals surface area (Å²) in [5.74, 6) is 17.5. The van der Waals surface area contributed by atoms with Gasteiger partial charge in [-0.25, -0.2) is 32.3 Å². The maximum Gasteiger partial charge on any atom is 0.336 e. The van der Waals surface area contributed by atoms with Crippen molar-refractivity contribution in [1.82, 2.24) is 82.3 Å². The number of carbonyl (C=O) groups excluding carboxylic acids is 1.